The summed E-state index contributed by atoms with van der Waals surface area (Å²) in [5, 5.41) is 10.1. The van der Waals surface area contributed by atoms with E-state index in [9.17, 15) is 9.90 Å². The van der Waals surface area contributed by atoms with Gasteiger partial charge in [-0.15, -0.1) is 0 Å². The lowest BCUT2D eigenvalue weighted by Crippen LogP contribution is -2.54. The Balaban J connectivity index is 1.60. The largest absolute Gasteiger partial charge is 0.461 e. The molecule has 0 aromatic rings. The van der Waals surface area contributed by atoms with E-state index in [2.05, 4.69) is 29.8 Å². The van der Waals surface area contributed by atoms with Gasteiger partial charge < -0.3 is 9.84 Å². The summed E-state index contributed by atoms with van der Waals surface area (Å²) < 4.78 is 5.80. The van der Waals surface area contributed by atoms with Crippen LogP contribution in [-0.4, -0.2) is 28.1 Å². The van der Waals surface area contributed by atoms with Crippen LogP contribution in [-0.2, 0) is 9.53 Å². The van der Waals surface area contributed by atoms with Crippen molar-refractivity contribution in [1.82, 2.24) is 0 Å². The van der Waals surface area contributed by atoms with E-state index in [1.54, 1.807) is 6.92 Å². The van der Waals surface area contributed by atoms with Gasteiger partial charge in [0.2, 0.25) is 0 Å². The minimum atomic E-state index is -0.143. The van der Waals surface area contributed by atoms with Crippen LogP contribution < -0.4 is 0 Å². The third-order valence-electron chi connectivity index (χ3n) is 8.83. The second-order valence-electron chi connectivity index (χ2n) is 9.91. The number of alkyl halides is 1. The molecule has 0 radical (unpaired) electrons. The number of esters is 1. The molecule has 4 aliphatic rings. The molecule has 9 atom stereocenters. The summed E-state index contributed by atoms with van der Waals surface area (Å²) in [5.74, 6) is 2.76. The molecule has 0 aliphatic heterocycles. The number of ether oxygens (including phenoxy) is 1. The Morgan fingerprint density at radius 1 is 1.04 bits per heavy atom. The molecule has 4 saturated carbocycles. The van der Waals surface area contributed by atoms with Gasteiger partial charge in [-0.2, -0.15) is 0 Å². The van der Waals surface area contributed by atoms with Gasteiger partial charge in [-0.05, 0) is 80.5 Å². The quantitative estimate of drug-likeness (QED) is 0.501. The average Bonchev–Trinajstić information content (AvgIpc) is 2.79. The first-order valence-corrected chi connectivity index (χ1v) is 11.2. The number of hydrogen-bond donors (Lipinski definition) is 1. The van der Waals surface area contributed by atoms with Gasteiger partial charge in [0.05, 0.1) is 10.9 Å². The monoisotopic (exact) mass is 412 g/mol. The minimum absolute atomic E-state index is 0.0228. The molecule has 0 saturated heterocycles. The average molecular weight is 413 g/mol. The Bertz CT molecular complexity index is 551. The summed E-state index contributed by atoms with van der Waals surface area (Å²) >= 11 is 3.86. The summed E-state index contributed by atoms with van der Waals surface area (Å²) in [6.45, 7) is 6.44. The van der Waals surface area contributed by atoms with Crippen molar-refractivity contribution >= 4 is 21.9 Å². The van der Waals surface area contributed by atoms with E-state index in [1.165, 1.54) is 32.1 Å². The molecule has 0 bridgehead atoms. The van der Waals surface area contributed by atoms with Crippen LogP contribution in [0.2, 0.25) is 0 Å². The Labute approximate surface area is 160 Å². The molecular weight excluding hydrogens is 380 g/mol. The van der Waals surface area contributed by atoms with Gasteiger partial charge in [0, 0.05) is 12.3 Å². The van der Waals surface area contributed by atoms with Crippen molar-refractivity contribution in [3.8, 4) is 0 Å². The number of aliphatic hydroxyl groups is 1. The van der Waals surface area contributed by atoms with Crippen LogP contribution in [0.5, 0.6) is 0 Å². The number of halogens is 1. The summed E-state index contributed by atoms with van der Waals surface area (Å²) in [6.07, 6.45) is 9.27. The molecule has 0 aromatic carbocycles. The van der Waals surface area contributed by atoms with E-state index in [4.69, 9.17) is 4.74 Å². The third kappa shape index (κ3) is 2.72. The molecule has 1 N–H and O–H groups in total. The summed E-state index contributed by atoms with van der Waals surface area (Å²) in [7, 11) is 0. The van der Waals surface area contributed by atoms with Crippen LogP contribution in [0.25, 0.3) is 0 Å². The zero-order valence-corrected chi connectivity index (χ0v) is 17.4. The van der Waals surface area contributed by atoms with Crippen LogP contribution in [0.15, 0.2) is 0 Å². The normalized spacial score (nSPS) is 55.0. The Morgan fingerprint density at radius 3 is 2.48 bits per heavy atom. The molecule has 4 fully saturated rings. The molecule has 5 unspecified atom stereocenters. The molecule has 25 heavy (non-hydrogen) atoms. The highest BCUT2D eigenvalue weighted by molar-refractivity contribution is 9.09. The zero-order chi connectivity index (χ0) is 18.0. The molecule has 0 amide bonds. The van der Waals surface area contributed by atoms with E-state index in [1.807, 2.05) is 0 Å². The van der Waals surface area contributed by atoms with Crippen molar-refractivity contribution < 1.29 is 14.6 Å². The van der Waals surface area contributed by atoms with Gasteiger partial charge in [0.1, 0.15) is 6.10 Å². The van der Waals surface area contributed by atoms with Gasteiger partial charge in [-0.25, -0.2) is 0 Å². The second-order valence-corrected chi connectivity index (χ2v) is 11.1. The van der Waals surface area contributed by atoms with Gasteiger partial charge >= 0.3 is 5.97 Å². The molecule has 0 aromatic heterocycles. The van der Waals surface area contributed by atoms with Gasteiger partial charge in [-0.1, -0.05) is 29.8 Å². The fourth-order valence-corrected chi connectivity index (χ4v) is 8.66. The zero-order valence-electron chi connectivity index (χ0n) is 15.8. The maximum atomic E-state index is 11.6. The van der Waals surface area contributed by atoms with E-state index in [-0.39, 0.29) is 23.6 Å². The van der Waals surface area contributed by atoms with Gasteiger partial charge in [-0.3, -0.25) is 4.79 Å². The predicted octanol–water partition coefficient (Wildman–Crippen LogP) is 4.70. The molecular formula is C21H33BrO3. The topological polar surface area (TPSA) is 46.5 Å². The fraction of sp³-hybridized carbons (Fsp3) is 0.952. The first-order chi connectivity index (χ1) is 11.8. The first kappa shape index (κ1) is 18.3. The van der Waals surface area contributed by atoms with Crippen molar-refractivity contribution in [2.24, 2.45) is 34.5 Å². The number of carbonyl (C=O) groups is 1. The molecule has 3 nitrogen and oxygen atoms in total. The van der Waals surface area contributed by atoms with Crippen molar-refractivity contribution in [2.45, 2.75) is 89.2 Å². The number of carbonyl (C=O) groups excluding carboxylic acids is 1. The highest BCUT2D eigenvalue weighted by Gasteiger charge is 2.63. The van der Waals surface area contributed by atoms with E-state index in [0.717, 1.165) is 31.1 Å². The lowest BCUT2D eigenvalue weighted by Gasteiger charge is -2.60. The van der Waals surface area contributed by atoms with Gasteiger partial charge in [0.25, 0.3) is 0 Å². The van der Waals surface area contributed by atoms with E-state index < -0.39 is 0 Å². The Hall–Kier alpha value is -0.0900. The fourth-order valence-electron chi connectivity index (χ4n) is 7.55. The first-order valence-electron chi connectivity index (χ1n) is 10.2. The molecule has 0 spiro atoms. The van der Waals surface area contributed by atoms with Crippen molar-refractivity contribution in [2.75, 3.05) is 0 Å². The summed E-state index contributed by atoms with van der Waals surface area (Å²) in [4.78, 5) is 11.9. The SMILES string of the molecule is CC(=O)OC1[C@H](Br)CC2C3CCC4C[C@@H](O)CC[C@]4(C)C3CC[C@@]21C. The maximum Gasteiger partial charge on any atom is 0.302 e. The standard InChI is InChI=1S/C21H33BrO3/c1-12(23)25-19-18(22)11-17-15-5-4-13-10-14(24)6-8-20(13,2)16(15)7-9-21(17,19)3/h13-19,24H,4-11H2,1-3H3/t13?,14-,15?,16?,17?,18+,19?,20-,21-/m0/s1. The van der Waals surface area contributed by atoms with Crippen molar-refractivity contribution in [3.63, 3.8) is 0 Å². The Kier molecular flexibility index (Phi) is 4.55. The highest BCUT2D eigenvalue weighted by atomic mass is 79.9. The van der Waals surface area contributed by atoms with Gasteiger partial charge in [0.15, 0.2) is 0 Å². The molecule has 4 rings (SSSR count). The number of hydrogen-bond acceptors (Lipinski definition) is 3. The van der Waals surface area contributed by atoms with Crippen LogP contribution in [0.1, 0.15) is 72.1 Å². The van der Waals surface area contributed by atoms with Crippen molar-refractivity contribution in [3.05, 3.63) is 0 Å². The third-order valence-corrected chi connectivity index (χ3v) is 9.68. The number of aliphatic hydroxyl groups excluding tert-OH is 1. The smallest absolute Gasteiger partial charge is 0.302 e. The van der Waals surface area contributed by atoms with Crippen LogP contribution in [0.4, 0.5) is 0 Å². The van der Waals surface area contributed by atoms with Crippen LogP contribution in [0, 0.1) is 34.5 Å². The van der Waals surface area contributed by atoms with E-state index in [0.29, 0.717) is 22.1 Å². The molecule has 4 aliphatic carbocycles. The minimum Gasteiger partial charge on any atom is -0.461 e. The van der Waals surface area contributed by atoms with Crippen LogP contribution >= 0.6 is 15.9 Å². The maximum absolute atomic E-state index is 11.6. The summed E-state index contributed by atoms with van der Waals surface area (Å²) in [5.41, 5.74) is 0.531. The predicted molar refractivity (Wildman–Crippen MR) is 101 cm³/mol. The lowest BCUT2D eigenvalue weighted by molar-refractivity contribution is -0.162. The number of fused-ring (bicyclic) bond motifs is 5. The number of rotatable bonds is 1. The lowest BCUT2D eigenvalue weighted by atomic mass is 9.45. The molecule has 142 valence electrons. The van der Waals surface area contributed by atoms with Crippen molar-refractivity contribution in [1.29, 1.82) is 0 Å². The summed E-state index contributed by atoms with van der Waals surface area (Å²) in [6, 6.07) is 0. The molecule has 4 heteroatoms. The van der Waals surface area contributed by atoms with E-state index >= 15 is 0 Å². The Morgan fingerprint density at radius 2 is 1.76 bits per heavy atom. The second kappa shape index (κ2) is 6.22. The molecule has 0 heterocycles. The van der Waals surface area contributed by atoms with Crippen LogP contribution in [0.3, 0.4) is 0 Å². The highest BCUT2D eigenvalue weighted by Crippen LogP contribution is 2.67.